The molecule has 1 aromatic heterocycles. The molecule has 2 heterocycles. The summed E-state index contributed by atoms with van der Waals surface area (Å²) >= 11 is 0. The lowest BCUT2D eigenvalue weighted by atomic mass is 9.90. The monoisotopic (exact) mass is 274 g/mol. The Hall–Kier alpha value is -1.39. The average molecular weight is 274 g/mol. The molecule has 1 aliphatic heterocycles. The van der Waals surface area contributed by atoms with E-state index in [4.69, 9.17) is 9.72 Å². The third-order valence-corrected chi connectivity index (χ3v) is 4.09. The molecule has 1 N–H and O–H groups in total. The van der Waals surface area contributed by atoms with Gasteiger partial charge < -0.3 is 14.4 Å². The quantitative estimate of drug-likeness (QED) is 0.932. The molecule has 4 nitrogen and oxygen atoms in total. The third-order valence-electron chi connectivity index (χ3n) is 4.09. The van der Waals surface area contributed by atoms with Gasteiger partial charge in [0.1, 0.15) is 5.82 Å². The lowest BCUT2D eigenvalue weighted by molar-refractivity contribution is -0.0639. The highest BCUT2D eigenvalue weighted by Crippen LogP contribution is 2.27. The molecule has 0 atom stereocenters. The molecule has 0 bridgehead atoms. The number of ether oxygens (including phenoxy) is 1. The van der Waals surface area contributed by atoms with Crippen LogP contribution in [0.1, 0.15) is 32.0 Å². The van der Waals surface area contributed by atoms with Gasteiger partial charge in [-0.1, -0.05) is 19.1 Å². The van der Waals surface area contributed by atoms with Crippen LogP contribution in [0.25, 0.3) is 11.0 Å². The zero-order valence-electron chi connectivity index (χ0n) is 12.0. The Balaban J connectivity index is 1.95. The number of aliphatic hydroxyl groups is 1. The van der Waals surface area contributed by atoms with E-state index in [-0.39, 0.29) is 0 Å². The van der Waals surface area contributed by atoms with Crippen LogP contribution in [-0.4, -0.2) is 33.5 Å². The van der Waals surface area contributed by atoms with Gasteiger partial charge in [0, 0.05) is 39.0 Å². The Morgan fingerprint density at radius 2 is 2.05 bits per heavy atom. The summed E-state index contributed by atoms with van der Waals surface area (Å²) in [6.07, 6.45) is 3.07. The van der Waals surface area contributed by atoms with Gasteiger partial charge in [-0.15, -0.1) is 0 Å². The highest BCUT2D eigenvalue weighted by Gasteiger charge is 2.32. The van der Waals surface area contributed by atoms with Gasteiger partial charge in [-0.25, -0.2) is 4.98 Å². The van der Waals surface area contributed by atoms with Crippen molar-refractivity contribution in [3.05, 3.63) is 30.1 Å². The van der Waals surface area contributed by atoms with Gasteiger partial charge >= 0.3 is 0 Å². The van der Waals surface area contributed by atoms with Crippen molar-refractivity contribution in [3.8, 4) is 0 Å². The molecule has 1 fully saturated rings. The number of benzene rings is 1. The number of imidazole rings is 1. The van der Waals surface area contributed by atoms with E-state index in [1.54, 1.807) is 0 Å². The Morgan fingerprint density at radius 1 is 1.30 bits per heavy atom. The Bertz CT molecular complexity index is 585. The maximum Gasteiger partial charge on any atom is 0.112 e. The largest absolute Gasteiger partial charge is 0.389 e. The van der Waals surface area contributed by atoms with Crippen molar-refractivity contribution >= 4 is 11.0 Å². The fourth-order valence-electron chi connectivity index (χ4n) is 2.96. The molecule has 0 unspecified atom stereocenters. The van der Waals surface area contributed by atoms with Crippen LogP contribution in [0.4, 0.5) is 0 Å². The first kappa shape index (κ1) is 13.6. The number of aryl methyl sites for hydroxylation is 1. The summed E-state index contributed by atoms with van der Waals surface area (Å²) in [6, 6.07) is 8.20. The van der Waals surface area contributed by atoms with Gasteiger partial charge in [0.2, 0.25) is 0 Å². The minimum atomic E-state index is -0.662. The summed E-state index contributed by atoms with van der Waals surface area (Å²) in [5, 5.41) is 10.7. The van der Waals surface area contributed by atoms with E-state index in [9.17, 15) is 5.11 Å². The van der Waals surface area contributed by atoms with Crippen LogP contribution in [0.3, 0.4) is 0 Å². The number of fused-ring (bicyclic) bond motifs is 1. The number of hydrogen-bond acceptors (Lipinski definition) is 3. The molecule has 0 spiro atoms. The molecule has 1 saturated heterocycles. The lowest BCUT2D eigenvalue weighted by Crippen LogP contribution is -2.39. The molecule has 0 aliphatic carbocycles. The predicted molar refractivity (Wildman–Crippen MR) is 78.7 cm³/mol. The topological polar surface area (TPSA) is 47.3 Å². The van der Waals surface area contributed by atoms with Crippen molar-refractivity contribution in [1.29, 1.82) is 0 Å². The molecule has 0 saturated carbocycles. The van der Waals surface area contributed by atoms with Crippen molar-refractivity contribution < 1.29 is 9.84 Å². The minimum Gasteiger partial charge on any atom is -0.389 e. The second kappa shape index (κ2) is 5.54. The standard InChI is InChI=1S/C16H22N2O2/c1-2-9-18-14-6-4-3-5-13(14)17-15(18)12-16(19)7-10-20-11-8-16/h3-6,19H,2,7-12H2,1H3. The first-order valence-electron chi connectivity index (χ1n) is 7.46. The van der Waals surface area contributed by atoms with Gasteiger partial charge in [-0.2, -0.15) is 0 Å². The highest BCUT2D eigenvalue weighted by atomic mass is 16.5. The summed E-state index contributed by atoms with van der Waals surface area (Å²) in [5.41, 5.74) is 1.53. The Labute approximate surface area is 119 Å². The maximum absolute atomic E-state index is 10.7. The SMILES string of the molecule is CCCn1c(CC2(O)CCOCC2)nc2ccccc21. The van der Waals surface area contributed by atoms with Crippen molar-refractivity contribution in [2.24, 2.45) is 0 Å². The third kappa shape index (κ3) is 2.58. The first-order valence-corrected chi connectivity index (χ1v) is 7.46. The van der Waals surface area contributed by atoms with Crippen molar-refractivity contribution in [2.75, 3.05) is 13.2 Å². The lowest BCUT2D eigenvalue weighted by Gasteiger charge is -2.31. The molecule has 3 rings (SSSR count). The van der Waals surface area contributed by atoms with E-state index < -0.39 is 5.60 Å². The second-order valence-corrected chi connectivity index (χ2v) is 5.68. The fraction of sp³-hybridized carbons (Fsp3) is 0.562. The Morgan fingerprint density at radius 3 is 2.80 bits per heavy atom. The molecule has 1 aliphatic rings. The van der Waals surface area contributed by atoms with Gasteiger partial charge in [0.15, 0.2) is 0 Å². The average Bonchev–Trinajstić information content (AvgIpc) is 2.77. The first-order chi connectivity index (χ1) is 9.72. The Kier molecular flexibility index (Phi) is 3.76. The van der Waals surface area contributed by atoms with E-state index in [0.717, 1.165) is 24.3 Å². The van der Waals surface area contributed by atoms with Crippen LogP contribution in [0.5, 0.6) is 0 Å². The molecular weight excluding hydrogens is 252 g/mol. The number of aromatic nitrogens is 2. The number of para-hydroxylation sites is 2. The molecular formula is C16H22N2O2. The van der Waals surface area contributed by atoms with Crippen molar-refractivity contribution in [3.63, 3.8) is 0 Å². The highest BCUT2D eigenvalue weighted by molar-refractivity contribution is 5.75. The molecule has 0 amide bonds. The van der Waals surface area contributed by atoms with Crippen molar-refractivity contribution in [2.45, 2.75) is 44.8 Å². The summed E-state index contributed by atoms with van der Waals surface area (Å²) in [7, 11) is 0. The zero-order chi connectivity index (χ0) is 14.0. The molecule has 0 radical (unpaired) electrons. The smallest absolute Gasteiger partial charge is 0.112 e. The van der Waals surface area contributed by atoms with Gasteiger partial charge in [0.05, 0.1) is 16.6 Å². The van der Waals surface area contributed by atoms with E-state index in [1.807, 2.05) is 18.2 Å². The number of rotatable bonds is 4. The zero-order valence-corrected chi connectivity index (χ0v) is 12.0. The predicted octanol–water partition coefficient (Wildman–Crippen LogP) is 2.53. The summed E-state index contributed by atoms with van der Waals surface area (Å²) in [4.78, 5) is 4.73. The van der Waals surface area contributed by atoms with Crippen LogP contribution >= 0.6 is 0 Å². The van der Waals surface area contributed by atoms with Crippen LogP contribution in [0, 0.1) is 0 Å². The maximum atomic E-state index is 10.7. The van der Waals surface area contributed by atoms with Crippen molar-refractivity contribution in [1.82, 2.24) is 9.55 Å². The molecule has 4 heteroatoms. The minimum absolute atomic E-state index is 0.616. The second-order valence-electron chi connectivity index (χ2n) is 5.68. The van der Waals surface area contributed by atoms with Gasteiger partial charge in [-0.05, 0) is 18.6 Å². The fourth-order valence-corrected chi connectivity index (χ4v) is 2.96. The molecule has 20 heavy (non-hydrogen) atoms. The van der Waals surface area contributed by atoms with Gasteiger partial charge in [-0.3, -0.25) is 0 Å². The van der Waals surface area contributed by atoms with Gasteiger partial charge in [0.25, 0.3) is 0 Å². The van der Waals surface area contributed by atoms with E-state index in [0.29, 0.717) is 32.5 Å². The molecule has 1 aromatic carbocycles. The normalized spacial score (nSPS) is 18.5. The van der Waals surface area contributed by atoms with Crippen LogP contribution in [0.15, 0.2) is 24.3 Å². The molecule has 108 valence electrons. The van der Waals surface area contributed by atoms with Crippen LogP contribution < -0.4 is 0 Å². The van der Waals surface area contributed by atoms with E-state index >= 15 is 0 Å². The summed E-state index contributed by atoms with van der Waals surface area (Å²) in [5.74, 6) is 0.998. The van der Waals surface area contributed by atoms with E-state index in [2.05, 4.69) is 17.6 Å². The summed E-state index contributed by atoms with van der Waals surface area (Å²) in [6.45, 7) is 4.40. The summed E-state index contributed by atoms with van der Waals surface area (Å²) < 4.78 is 7.60. The van der Waals surface area contributed by atoms with E-state index in [1.165, 1.54) is 5.52 Å². The number of hydrogen-bond donors (Lipinski definition) is 1. The molecule has 2 aromatic rings. The van der Waals surface area contributed by atoms with Crippen LogP contribution in [-0.2, 0) is 17.7 Å². The van der Waals surface area contributed by atoms with Crippen LogP contribution in [0.2, 0.25) is 0 Å². The number of nitrogens with zero attached hydrogens (tertiary/aromatic N) is 2.